The highest BCUT2D eigenvalue weighted by molar-refractivity contribution is 7.10. The molecule has 0 aromatic carbocycles. The Labute approximate surface area is 143 Å². The first-order valence-electron chi connectivity index (χ1n) is 8.10. The van der Waals surface area contributed by atoms with Crippen LogP contribution < -0.4 is 10.9 Å². The van der Waals surface area contributed by atoms with Gasteiger partial charge in [-0.2, -0.15) is 0 Å². The Morgan fingerprint density at radius 1 is 1.21 bits per heavy atom. The highest BCUT2D eigenvalue weighted by atomic mass is 32.1. The molecule has 0 aliphatic heterocycles. The van der Waals surface area contributed by atoms with Crippen LogP contribution in [-0.4, -0.2) is 22.9 Å². The number of carbonyl (C=O) groups excluding carboxylic acids is 2. The first-order valence-corrected chi connectivity index (χ1v) is 8.98. The predicted octanol–water partition coefficient (Wildman–Crippen LogP) is 1.98. The minimum absolute atomic E-state index is 0.0645. The van der Waals surface area contributed by atoms with Gasteiger partial charge < -0.3 is 5.11 Å². The second-order valence-electron chi connectivity index (χ2n) is 6.33. The molecule has 0 saturated heterocycles. The summed E-state index contributed by atoms with van der Waals surface area (Å²) in [6.45, 7) is 2.07. The van der Waals surface area contributed by atoms with Crippen LogP contribution in [0.5, 0.6) is 0 Å². The van der Waals surface area contributed by atoms with Crippen molar-refractivity contribution in [3.8, 4) is 0 Å². The number of carboxylic acids is 1. The van der Waals surface area contributed by atoms with E-state index < -0.39 is 23.7 Å². The van der Waals surface area contributed by atoms with E-state index in [0.717, 1.165) is 17.7 Å². The number of hydrogen-bond acceptors (Lipinski definition) is 4. The van der Waals surface area contributed by atoms with E-state index in [1.165, 1.54) is 11.3 Å². The molecule has 7 heteroatoms. The average molecular weight is 348 g/mol. The summed E-state index contributed by atoms with van der Waals surface area (Å²) in [5.74, 6) is -3.27. The summed E-state index contributed by atoms with van der Waals surface area (Å²) in [7, 11) is 0. The van der Waals surface area contributed by atoms with Gasteiger partial charge in [0.25, 0.3) is 5.91 Å². The number of thiophene rings is 1. The molecule has 1 saturated carbocycles. The molecule has 1 heterocycles. The summed E-state index contributed by atoms with van der Waals surface area (Å²) in [4.78, 5) is 37.0. The Hall–Kier alpha value is -2.15. The van der Waals surface area contributed by atoms with Gasteiger partial charge in [0, 0.05) is 10.3 Å². The van der Waals surface area contributed by atoms with Crippen molar-refractivity contribution >= 4 is 29.1 Å². The molecular formula is C17H20N2O4S. The summed E-state index contributed by atoms with van der Waals surface area (Å²) in [5, 5.41) is 11.1. The number of fused-ring (bicyclic) bond motifs is 2. The number of aryl methyl sites for hydroxylation is 1. The van der Waals surface area contributed by atoms with Gasteiger partial charge in [-0.3, -0.25) is 25.2 Å². The zero-order chi connectivity index (χ0) is 17.3. The van der Waals surface area contributed by atoms with Crippen molar-refractivity contribution in [3.63, 3.8) is 0 Å². The lowest BCUT2D eigenvalue weighted by atomic mass is 9.82. The molecule has 0 unspecified atom stereocenters. The van der Waals surface area contributed by atoms with Gasteiger partial charge in [-0.25, -0.2) is 0 Å². The largest absolute Gasteiger partial charge is 0.481 e. The molecule has 1 aromatic rings. The number of carbonyl (C=O) groups is 3. The van der Waals surface area contributed by atoms with Crippen molar-refractivity contribution in [2.24, 2.45) is 23.7 Å². The van der Waals surface area contributed by atoms with E-state index in [9.17, 15) is 19.5 Å². The van der Waals surface area contributed by atoms with E-state index in [1.54, 1.807) is 5.38 Å². The van der Waals surface area contributed by atoms with Gasteiger partial charge in [-0.1, -0.05) is 25.5 Å². The van der Waals surface area contributed by atoms with Crippen LogP contribution in [0.1, 0.15) is 35.0 Å². The lowest BCUT2D eigenvalue weighted by Crippen LogP contribution is -2.48. The molecule has 128 valence electrons. The quantitative estimate of drug-likeness (QED) is 0.560. The third-order valence-electron chi connectivity index (χ3n) is 4.76. The molecule has 2 aliphatic rings. The predicted molar refractivity (Wildman–Crippen MR) is 89.3 cm³/mol. The SMILES string of the molecule is CCCc1cc(C(=O)NNC(=O)[C@@H]2[C@@H](C(=O)O)[C@H]3C=C[C@H]2C3)cs1. The number of carboxylic acid groups (broad SMARTS) is 1. The van der Waals surface area contributed by atoms with E-state index in [-0.39, 0.29) is 17.7 Å². The zero-order valence-electron chi connectivity index (χ0n) is 13.3. The Bertz CT molecular complexity index is 697. The minimum Gasteiger partial charge on any atom is -0.481 e. The number of nitrogens with one attached hydrogen (secondary N) is 2. The van der Waals surface area contributed by atoms with E-state index in [1.807, 2.05) is 18.2 Å². The number of aliphatic carboxylic acids is 1. The molecule has 0 spiro atoms. The van der Waals surface area contributed by atoms with Gasteiger partial charge in [0.2, 0.25) is 5.91 Å². The maximum atomic E-state index is 12.4. The molecule has 3 N–H and O–H groups in total. The van der Waals surface area contributed by atoms with Gasteiger partial charge in [-0.15, -0.1) is 11.3 Å². The molecule has 3 rings (SSSR count). The summed E-state index contributed by atoms with van der Waals surface area (Å²) >= 11 is 1.52. The molecule has 1 aromatic heterocycles. The topological polar surface area (TPSA) is 95.5 Å². The second-order valence-corrected chi connectivity index (χ2v) is 7.33. The van der Waals surface area contributed by atoms with Gasteiger partial charge >= 0.3 is 5.97 Å². The van der Waals surface area contributed by atoms with E-state index >= 15 is 0 Å². The third-order valence-corrected chi connectivity index (χ3v) is 5.76. The highest BCUT2D eigenvalue weighted by Gasteiger charge is 2.51. The molecule has 2 bridgehead atoms. The molecule has 2 amide bonds. The van der Waals surface area contributed by atoms with Crippen molar-refractivity contribution in [2.75, 3.05) is 0 Å². The Morgan fingerprint density at radius 3 is 2.58 bits per heavy atom. The fourth-order valence-electron chi connectivity index (χ4n) is 3.67. The average Bonchev–Trinajstić information content (AvgIpc) is 3.27. The summed E-state index contributed by atoms with van der Waals surface area (Å²) in [6, 6.07) is 1.82. The van der Waals surface area contributed by atoms with Gasteiger partial charge in [0.1, 0.15) is 0 Å². The van der Waals surface area contributed by atoms with Gasteiger partial charge in [-0.05, 0) is 30.7 Å². The molecular weight excluding hydrogens is 328 g/mol. The van der Waals surface area contributed by atoms with Crippen LogP contribution in [0.4, 0.5) is 0 Å². The van der Waals surface area contributed by atoms with Crippen molar-refractivity contribution < 1.29 is 19.5 Å². The molecule has 2 aliphatic carbocycles. The van der Waals surface area contributed by atoms with Crippen LogP contribution in [0, 0.1) is 23.7 Å². The minimum atomic E-state index is -0.958. The normalized spacial score (nSPS) is 27.2. The summed E-state index contributed by atoms with van der Waals surface area (Å²) in [5.41, 5.74) is 5.31. The zero-order valence-corrected chi connectivity index (χ0v) is 14.1. The van der Waals surface area contributed by atoms with Gasteiger partial charge in [0.15, 0.2) is 0 Å². The summed E-state index contributed by atoms with van der Waals surface area (Å²) < 4.78 is 0. The number of rotatable bonds is 5. The van der Waals surface area contributed by atoms with Crippen molar-refractivity contribution in [2.45, 2.75) is 26.2 Å². The maximum Gasteiger partial charge on any atom is 0.307 e. The molecule has 4 atom stereocenters. The van der Waals surface area contributed by atoms with Crippen LogP contribution >= 0.6 is 11.3 Å². The van der Waals surface area contributed by atoms with E-state index in [4.69, 9.17) is 0 Å². The number of hydrogen-bond donors (Lipinski definition) is 3. The number of allylic oxidation sites excluding steroid dienone is 2. The molecule has 0 radical (unpaired) electrons. The highest BCUT2D eigenvalue weighted by Crippen LogP contribution is 2.48. The second kappa shape index (κ2) is 6.76. The lowest BCUT2D eigenvalue weighted by molar-refractivity contribution is -0.148. The van der Waals surface area contributed by atoms with Crippen LogP contribution in [0.15, 0.2) is 23.6 Å². The van der Waals surface area contributed by atoms with E-state index in [2.05, 4.69) is 17.8 Å². The fraction of sp³-hybridized carbons (Fsp3) is 0.471. The van der Waals surface area contributed by atoms with Crippen LogP contribution in [0.2, 0.25) is 0 Å². The first-order chi connectivity index (χ1) is 11.5. The Morgan fingerprint density at radius 2 is 1.92 bits per heavy atom. The maximum absolute atomic E-state index is 12.4. The third kappa shape index (κ3) is 3.08. The monoisotopic (exact) mass is 348 g/mol. The fourth-order valence-corrected chi connectivity index (χ4v) is 4.64. The molecule has 6 nitrogen and oxygen atoms in total. The number of amides is 2. The molecule has 24 heavy (non-hydrogen) atoms. The van der Waals surface area contributed by atoms with Crippen molar-refractivity contribution in [1.29, 1.82) is 0 Å². The first kappa shape index (κ1) is 16.7. The van der Waals surface area contributed by atoms with Crippen LogP contribution in [-0.2, 0) is 16.0 Å². The van der Waals surface area contributed by atoms with Crippen molar-refractivity contribution in [1.82, 2.24) is 10.9 Å². The van der Waals surface area contributed by atoms with Crippen LogP contribution in [0.25, 0.3) is 0 Å². The molecule has 1 fully saturated rings. The smallest absolute Gasteiger partial charge is 0.307 e. The van der Waals surface area contributed by atoms with Crippen LogP contribution in [0.3, 0.4) is 0 Å². The van der Waals surface area contributed by atoms with Gasteiger partial charge in [0.05, 0.1) is 17.4 Å². The Balaban J connectivity index is 1.59. The number of hydrazine groups is 1. The standard InChI is InChI=1S/C17H20N2O4S/c1-2-3-12-7-11(8-24-12)15(20)18-19-16(21)13-9-4-5-10(6-9)14(13)17(22)23/h4-5,7-10,13-14H,2-3,6H2,1H3,(H,18,20)(H,19,21)(H,22,23)/t9-,10-,13-,14-/m0/s1. The van der Waals surface area contributed by atoms with E-state index in [0.29, 0.717) is 12.0 Å². The summed E-state index contributed by atoms with van der Waals surface area (Å²) in [6.07, 6.45) is 6.40. The Kier molecular flexibility index (Phi) is 4.71. The lowest BCUT2D eigenvalue weighted by Gasteiger charge is -2.23. The van der Waals surface area contributed by atoms with Crippen molar-refractivity contribution in [3.05, 3.63) is 34.0 Å².